The van der Waals surface area contributed by atoms with E-state index in [1.165, 1.54) is 25.7 Å². The van der Waals surface area contributed by atoms with Crippen molar-refractivity contribution in [3.05, 3.63) is 29.8 Å². The molecular formula is C14H20O2. The Morgan fingerprint density at radius 2 is 1.88 bits per heavy atom. The van der Waals surface area contributed by atoms with Gasteiger partial charge < -0.3 is 9.84 Å². The molecule has 0 unspecified atom stereocenters. The molecule has 0 bridgehead atoms. The Balaban J connectivity index is 1.84. The van der Waals surface area contributed by atoms with E-state index < -0.39 is 6.10 Å². The van der Waals surface area contributed by atoms with Crippen LogP contribution >= 0.6 is 0 Å². The minimum atomic E-state index is -0.399. The highest BCUT2D eigenvalue weighted by Gasteiger charge is 2.15. The Morgan fingerprint density at radius 1 is 1.25 bits per heavy atom. The third kappa shape index (κ3) is 2.99. The van der Waals surface area contributed by atoms with Gasteiger partial charge in [0.15, 0.2) is 0 Å². The Hall–Kier alpha value is -1.02. The first-order valence-electron chi connectivity index (χ1n) is 6.16. The number of hydrogen-bond donors (Lipinski definition) is 1. The minimum Gasteiger partial charge on any atom is -0.493 e. The molecule has 2 heteroatoms. The van der Waals surface area contributed by atoms with E-state index in [0.29, 0.717) is 0 Å². The van der Waals surface area contributed by atoms with Gasteiger partial charge in [-0.3, -0.25) is 0 Å². The number of ether oxygens (including phenoxy) is 1. The van der Waals surface area contributed by atoms with E-state index in [0.717, 1.165) is 23.8 Å². The third-order valence-corrected chi connectivity index (χ3v) is 3.32. The number of rotatable bonds is 4. The molecule has 1 aromatic carbocycles. The van der Waals surface area contributed by atoms with Crippen LogP contribution in [0, 0.1) is 5.92 Å². The average molecular weight is 220 g/mol. The first-order valence-corrected chi connectivity index (χ1v) is 6.16. The molecule has 0 aromatic heterocycles. The van der Waals surface area contributed by atoms with Crippen LogP contribution in [0.15, 0.2) is 24.3 Å². The number of hydrogen-bond acceptors (Lipinski definition) is 2. The Labute approximate surface area is 97.3 Å². The predicted octanol–water partition coefficient (Wildman–Crippen LogP) is 3.31. The van der Waals surface area contributed by atoms with Crippen LogP contribution in [0.5, 0.6) is 5.75 Å². The second-order valence-electron chi connectivity index (χ2n) is 4.71. The molecule has 16 heavy (non-hydrogen) atoms. The molecule has 0 aliphatic heterocycles. The van der Waals surface area contributed by atoms with Gasteiger partial charge in [-0.1, -0.05) is 25.0 Å². The number of benzene rings is 1. The molecule has 0 heterocycles. The molecule has 88 valence electrons. The molecule has 0 amide bonds. The summed E-state index contributed by atoms with van der Waals surface area (Å²) in [5, 5.41) is 9.38. The molecule has 1 aliphatic carbocycles. The monoisotopic (exact) mass is 220 g/mol. The summed E-state index contributed by atoms with van der Waals surface area (Å²) < 4.78 is 5.74. The van der Waals surface area contributed by atoms with Crippen LogP contribution in [-0.4, -0.2) is 11.7 Å². The topological polar surface area (TPSA) is 29.5 Å². The fraction of sp³-hybridized carbons (Fsp3) is 0.571. The standard InChI is InChI=1S/C14H20O2/c1-11(15)13-6-8-14(9-7-13)16-10-12-4-2-3-5-12/h6-9,11-12,15H,2-5,10H2,1H3/t11-/m1/s1. The SMILES string of the molecule is C[C@@H](O)c1ccc(OCC2CCCC2)cc1. The highest BCUT2D eigenvalue weighted by atomic mass is 16.5. The van der Waals surface area contributed by atoms with Gasteiger partial charge in [0, 0.05) is 0 Å². The summed E-state index contributed by atoms with van der Waals surface area (Å²) in [5.74, 6) is 1.66. The molecule has 1 saturated carbocycles. The van der Waals surface area contributed by atoms with Crippen LogP contribution in [0.25, 0.3) is 0 Å². The van der Waals surface area contributed by atoms with Gasteiger partial charge in [-0.15, -0.1) is 0 Å². The van der Waals surface area contributed by atoms with Gasteiger partial charge in [-0.25, -0.2) is 0 Å². The second-order valence-corrected chi connectivity index (χ2v) is 4.71. The molecule has 2 nitrogen and oxygen atoms in total. The van der Waals surface area contributed by atoms with E-state index in [-0.39, 0.29) is 0 Å². The quantitative estimate of drug-likeness (QED) is 0.843. The first kappa shape index (κ1) is 11.5. The predicted molar refractivity (Wildman–Crippen MR) is 64.5 cm³/mol. The summed E-state index contributed by atoms with van der Waals surface area (Å²) in [7, 11) is 0. The van der Waals surface area contributed by atoms with Crippen LogP contribution in [0.3, 0.4) is 0 Å². The fourth-order valence-electron chi connectivity index (χ4n) is 2.23. The molecule has 1 aliphatic rings. The van der Waals surface area contributed by atoms with E-state index in [2.05, 4.69) is 0 Å². The zero-order chi connectivity index (χ0) is 11.4. The molecule has 1 aromatic rings. The lowest BCUT2D eigenvalue weighted by Crippen LogP contribution is -2.07. The smallest absolute Gasteiger partial charge is 0.119 e. The number of aliphatic hydroxyl groups excluding tert-OH is 1. The summed E-state index contributed by atoms with van der Waals surface area (Å²) >= 11 is 0. The van der Waals surface area contributed by atoms with Gasteiger partial charge in [0.25, 0.3) is 0 Å². The van der Waals surface area contributed by atoms with Crippen LogP contribution in [-0.2, 0) is 0 Å². The summed E-state index contributed by atoms with van der Waals surface area (Å²) in [6.45, 7) is 2.61. The lowest BCUT2D eigenvalue weighted by atomic mass is 10.1. The maximum atomic E-state index is 9.38. The van der Waals surface area contributed by atoms with Gasteiger partial charge in [0.05, 0.1) is 12.7 Å². The average Bonchev–Trinajstić information content (AvgIpc) is 2.80. The summed E-state index contributed by atoms with van der Waals surface area (Å²) in [6.07, 6.45) is 4.94. The fourth-order valence-corrected chi connectivity index (χ4v) is 2.23. The van der Waals surface area contributed by atoms with Crippen molar-refractivity contribution in [3.8, 4) is 5.75 Å². The maximum absolute atomic E-state index is 9.38. The minimum absolute atomic E-state index is 0.399. The van der Waals surface area contributed by atoms with Crippen molar-refractivity contribution in [2.24, 2.45) is 5.92 Å². The molecule has 0 saturated heterocycles. The van der Waals surface area contributed by atoms with Crippen molar-refractivity contribution in [2.75, 3.05) is 6.61 Å². The van der Waals surface area contributed by atoms with Crippen molar-refractivity contribution >= 4 is 0 Å². The van der Waals surface area contributed by atoms with Gasteiger partial charge in [-0.2, -0.15) is 0 Å². The van der Waals surface area contributed by atoms with E-state index >= 15 is 0 Å². The molecule has 0 radical (unpaired) electrons. The Bertz CT molecular complexity index is 310. The molecule has 2 rings (SSSR count). The van der Waals surface area contributed by atoms with E-state index in [9.17, 15) is 5.11 Å². The summed E-state index contributed by atoms with van der Waals surface area (Å²) in [5.41, 5.74) is 0.938. The van der Waals surface area contributed by atoms with Crippen LogP contribution in [0.1, 0.15) is 44.3 Å². The summed E-state index contributed by atoms with van der Waals surface area (Å²) in [6, 6.07) is 7.73. The lowest BCUT2D eigenvalue weighted by molar-refractivity contribution is 0.199. The molecular weight excluding hydrogens is 200 g/mol. The van der Waals surface area contributed by atoms with Crippen LogP contribution in [0.2, 0.25) is 0 Å². The maximum Gasteiger partial charge on any atom is 0.119 e. The first-order chi connectivity index (χ1) is 7.75. The van der Waals surface area contributed by atoms with Crippen LogP contribution in [0.4, 0.5) is 0 Å². The molecule has 1 atom stereocenters. The second kappa shape index (κ2) is 5.35. The Kier molecular flexibility index (Phi) is 3.83. The van der Waals surface area contributed by atoms with Gasteiger partial charge >= 0.3 is 0 Å². The zero-order valence-electron chi connectivity index (χ0n) is 9.86. The van der Waals surface area contributed by atoms with E-state index in [4.69, 9.17) is 4.74 Å². The highest BCUT2D eigenvalue weighted by molar-refractivity contribution is 5.28. The zero-order valence-corrected chi connectivity index (χ0v) is 9.86. The van der Waals surface area contributed by atoms with E-state index in [1.807, 2.05) is 24.3 Å². The molecule has 0 spiro atoms. The van der Waals surface area contributed by atoms with Crippen molar-refractivity contribution in [1.29, 1.82) is 0 Å². The normalized spacial score (nSPS) is 18.6. The van der Waals surface area contributed by atoms with Crippen LogP contribution < -0.4 is 4.74 Å². The van der Waals surface area contributed by atoms with Gasteiger partial charge in [0.1, 0.15) is 5.75 Å². The lowest BCUT2D eigenvalue weighted by Gasteiger charge is -2.12. The molecule has 1 fully saturated rings. The molecule has 1 N–H and O–H groups in total. The van der Waals surface area contributed by atoms with Gasteiger partial charge in [0.2, 0.25) is 0 Å². The van der Waals surface area contributed by atoms with Crippen molar-refractivity contribution in [2.45, 2.75) is 38.7 Å². The van der Waals surface area contributed by atoms with Crippen molar-refractivity contribution in [3.63, 3.8) is 0 Å². The number of aliphatic hydroxyl groups is 1. The highest BCUT2D eigenvalue weighted by Crippen LogP contribution is 2.26. The van der Waals surface area contributed by atoms with Crippen molar-refractivity contribution < 1.29 is 9.84 Å². The van der Waals surface area contributed by atoms with Crippen molar-refractivity contribution in [1.82, 2.24) is 0 Å². The van der Waals surface area contributed by atoms with E-state index in [1.54, 1.807) is 6.92 Å². The summed E-state index contributed by atoms with van der Waals surface area (Å²) in [4.78, 5) is 0. The van der Waals surface area contributed by atoms with Gasteiger partial charge in [-0.05, 0) is 43.4 Å². The third-order valence-electron chi connectivity index (χ3n) is 3.32. The largest absolute Gasteiger partial charge is 0.493 e. The Morgan fingerprint density at radius 3 is 2.44 bits per heavy atom.